The maximum atomic E-state index is 5.27. The molecule has 12 heavy (non-hydrogen) atoms. The summed E-state index contributed by atoms with van der Waals surface area (Å²) in [5.41, 5.74) is 1.96. The SMILES string of the molecule is C#Cc1cnc(N(C)C)cc1C. The largest absolute Gasteiger partial charge is 0.363 e. The van der Waals surface area contributed by atoms with Gasteiger partial charge in [0.2, 0.25) is 0 Å². The minimum atomic E-state index is 0.862. The first-order valence-electron chi connectivity index (χ1n) is 3.75. The van der Waals surface area contributed by atoms with Gasteiger partial charge in [0.25, 0.3) is 0 Å². The summed E-state index contributed by atoms with van der Waals surface area (Å²) >= 11 is 0. The zero-order valence-electron chi connectivity index (χ0n) is 7.63. The molecule has 1 heterocycles. The van der Waals surface area contributed by atoms with Crippen LogP contribution in [0, 0.1) is 19.3 Å². The standard InChI is InChI=1S/C10H12N2/c1-5-9-7-11-10(12(3)4)6-8(9)2/h1,6-7H,2-4H3. The van der Waals surface area contributed by atoms with Crippen LogP contribution in [0.1, 0.15) is 11.1 Å². The Bertz CT molecular complexity index is 321. The van der Waals surface area contributed by atoms with Crippen molar-refractivity contribution in [1.82, 2.24) is 4.98 Å². The lowest BCUT2D eigenvalue weighted by Crippen LogP contribution is -2.10. The van der Waals surface area contributed by atoms with Crippen LogP contribution in [-0.4, -0.2) is 19.1 Å². The fraction of sp³-hybridized carbons (Fsp3) is 0.300. The van der Waals surface area contributed by atoms with Gasteiger partial charge in [0.05, 0.1) is 0 Å². The molecule has 0 atom stereocenters. The summed E-state index contributed by atoms with van der Waals surface area (Å²) in [5.74, 6) is 3.52. The second kappa shape index (κ2) is 3.27. The number of hydrogen-bond acceptors (Lipinski definition) is 2. The average Bonchev–Trinajstić information content (AvgIpc) is 2.04. The maximum absolute atomic E-state index is 5.27. The van der Waals surface area contributed by atoms with Crippen molar-refractivity contribution < 1.29 is 0 Å². The average molecular weight is 160 g/mol. The number of pyridine rings is 1. The molecule has 0 N–H and O–H groups in total. The summed E-state index contributed by atoms with van der Waals surface area (Å²) < 4.78 is 0. The molecule has 0 amide bonds. The van der Waals surface area contributed by atoms with Crippen LogP contribution in [0.2, 0.25) is 0 Å². The quantitative estimate of drug-likeness (QED) is 0.578. The number of aromatic nitrogens is 1. The van der Waals surface area contributed by atoms with Crippen LogP contribution in [0.5, 0.6) is 0 Å². The summed E-state index contributed by atoms with van der Waals surface area (Å²) in [5, 5.41) is 0. The molecule has 0 saturated carbocycles. The molecule has 0 aliphatic carbocycles. The van der Waals surface area contributed by atoms with Gasteiger partial charge in [-0.25, -0.2) is 4.98 Å². The highest BCUT2D eigenvalue weighted by Crippen LogP contribution is 2.12. The monoisotopic (exact) mass is 160 g/mol. The van der Waals surface area contributed by atoms with Crippen LogP contribution < -0.4 is 4.90 Å². The number of terminal acetylenes is 1. The Labute approximate surface area is 73.2 Å². The van der Waals surface area contributed by atoms with Gasteiger partial charge in [0.1, 0.15) is 5.82 Å². The lowest BCUT2D eigenvalue weighted by atomic mass is 10.2. The van der Waals surface area contributed by atoms with E-state index in [0.29, 0.717) is 0 Å². The third kappa shape index (κ3) is 1.57. The number of aryl methyl sites for hydroxylation is 1. The predicted octanol–water partition coefficient (Wildman–Crippen LogP) is 1.44. The Morgan fingerprint density at radius 2 is 2.17 bits per heavy atom. The Morgan fingerprint density at radius 1 is 1.50 bits per heavy atom. The normalized spacial score (nSPS) is 9.17. The van der Waals surface area contributed by atoms with Crippen LogP contribution >= 0.6 is 0 Å². The topological polar surface area (TPSA) is 16.1 Å². The maximum Gasteiger partial charge on any atom is 0.128 e. The Balaban J connectivity index is 3.12. The van der Waals surface area contributed by atoms with Gasteiger partial charge >= 0.3 is 0 Å². The highest BCUT2D eigenvalue weighted by atomic mass is 15.1. The third-order valence-corrected chi connectivity index (χ3v) is 1.71. The minimum Gasteiger partial charge on any atom is -0.363 e. The van der Waals surface area contributed by atoms with Gasteiger partial charge in [0.15, 0.2) is 0 Å². The molecule has 2 nitrogen and oxygen atoms in total. The van der Waals surface area contributed by atoms with E-state index in [1.807, 2.05) is 32.0 Å². The van der Waals surface area contributed by atoms with E-state index in [4.69, 9.17) is 6.42 Å². The zero-order valence-corrected chi connectivity index (χ0v) is 7.63. The Hall–Kier alpha value is -1.49. The first-order valence-corrected chi connectivity index (χ1v) is 3.75. The van der Waals surface area contributed by atoms with E-state index in [1.54, 1.807) is 6.20 Å². The van der Waals surface area contributed by atoms with E-state index < -0.39 is 0 Å². The molecule has 0 aliphatic heterocycles. The molecule has 0 unspecified atom stereocenters. The van der Waals surface area contributed by atoms with Gasteiger partial charge < -0.3 is 4.90 Å². The zero-order chi connectivity index (χ0) is 9.14. The minimum absolute atomic E-state index is 0.862. The summed E-state index contributed by atoms with van der Waals surface area (Å²) in [6.07, 6.45) is 7.00. The van der Waals surface area contributed by atoms with Crippen LogP contribution in [-0.2, 0) is 0 Å². The van der Waals surface area contributed by atoms with Crippen molar-refractivity contribution in [3.63, 3.8) is 0 Å². The molecule has 1 aromatic heterocycles. The molecule has 62 valence electrons. The van der Waals surface area contributed by atoms with Gasteiger partial charge in [-0.1, -0.05) is 5.92 Å². The van der Waals surface area contributed by atoms with E-state index >= 15 is 0 Å². The molecular weight excluding hydrogens is 148 g/mol. The van der Waals surface area contributed by atoms with Gasteiger partial charge in [-0.2, -0.15) is 0 Å². The molecule has 0 radical (unpaired) electrons. The highest BCUT2D eigenvalue weighted by molar-refractivity contribution is 5.46. The number of rotatable bonds is 1. The highest BCUT2D eigenvalue weighted by Gasteiger charge is 1.99. The molecule has 2 heteroatoms. The molecule has 0 spiro atoms. The van der Waals surface area contributed by atoms with Crippen molar-refractivity contribution in [3.8, 4) is 12.3 Å². The van der Waals surface area contributed by atoms with Crippen molar-refractivity contribution in [3.05, 3.63) is 23.4 Å². The van der Waals surface area contributed by atoms with Crippen molar-refractivity contribution >= 4 is 5.82 Å². The lowest BCUT2D eigenvalue weighted by molar-refractivity contribution is 1.06. The summed E-state index contributed by atoms with van der Waals surface area (Å²) in [4.78, 5) is 6.14. The van der Waals surface area contributed by atoms with Gasteiger partial charge in [-0.15, -0.1) is 6.42 Å². The molecule has 1 aromatic rings. The summed E-state index contributed by atoms with van der Waals surface area (Å²) in [7, 11) is 3.91. The lowest BCUT2D eigenvalue weighted by Gasteiger charge is -2.11. The van der Waals surface area contributed by atoms with Gasteiger partial charge in [-0.05, 0) is 18.6 Å². The smallest absolute Gasteiger partial charge is 0.128 e. The second-order valence-corrected chi connectivity index (χ2v) is 2.90. The van der Waals surface area contributed by atoms with Crippen molar-refractivity contribution in [2.75, 3.05) is 19.0 Å². The molecule has 0 fully saturated rings. The van der Waals surface area contributed by atoms with E-state index in [9.17, 15) is 0 Å². The summed E-state index contributed by atoms with van der Waals surface area (Å²) in [6.45, 7) is 1.99. The first kappa shape index (κ1) is 8.61. The fourth-order valence-electron chi connectivity index (χ4n) is 0.937. The Morgan fingerprint density at radius 3 is 2.58 bits per heavy atom. The van der Waals surface area contributed by atoms with Gasteiger partial charge in [0, 0.05) is 25.9 Å². The van der Waals surface area contributed by atoms with Crippen molar-refractivity contribution in [2.45, 2.75) is 6.92 Å². The number of nitrogens with zero attached hydrogens (tertiary/aromatic N) is 2. The van der Waals surface area contributed by atoms with E-state index in [1.165, 1.54) is 0 Å². The summed E-state index contributed by atoms with van der Waals surface area (Å²) in [6, 6.07) is 1.98. The van der Waals surface area contributed by atoms with Crippen molar-refractivity contribution in [1.29, 1.82) is 0 Å². The first-order chi connectivity index (χ1) is 5.65. The molecule has 0 bridgehead atoms. The molecule has 0 aromatic carbocycles. The molecule has 1 rings (SSSR count). The molecule has 0 aliphatic rings. The molecular formula is C10H12N2. The number of anilines is 1. The number of hydrogen-bond donors (Lipinski definition) is 0. The third-order valence-electron chi connectivity index (χ3n) is 1.71. The Kier molecular flexibility index (Phi) is 2.35. The predicted molar refractivity (Wildman–Crippen MR) is 51.2 cm³/mol. The fourth-order valence-corrected chi connectivity index (χ4v) is 0.937. The van der Waals surface area contributed by atoms with Crippen LogP contribution in [0.3, 0.4) is 0 Å². The van der Waals surface area contributed by atoms with Crippen LogP contribution in [0.4, 0.5) is 5.82 Å². The van der Waals surface area contributed by atoms with E-state index in [-0.39, 0.29) is 0 Å². The van der Waals surface area contributed by atoms with Crippen molar-refractivity contribution in [2.24, 2.45) is 0 Å². The van der Waals surface area contributed by atoms with E-state index in [2.05, 4.69) is 10.9 Å². The molecule has 0 saturated heterocycles. The van der Waals surface area contributed by atoms with Crippen LogP contribution in [0.15, 0.2) is 12.3 Å². The second-order valence-electron chi connectivity index (χ2n) is 2.90. The van der Waals surface area contributed by atoms with E-state index in [0.717, 1.165) is 16.9 Å². The van der Waals surface area contributed by atoms with Gasteiger partial charge in [-0.3, -0.25) is 0 Å². The van der Waals surface area contributed by atoms with Crippen LogP contribution in [0.25, 0.3) is 0 Å².